The van der Waals surface area contributed by atoms with Gasteiger partial charge in [-0.25, -0.2) is 0 Å². The SMILES string of the molecule is CC(=O)N[C@@H](Cc1ccc2ccccc2c1)C(=O)N[C@@H](Cc1ccc(Cl)cc1)C(=O)N[C@H](C(=O)N[C@H]1CC(=O)NCCC[C@@H](C(N)=O)NC(=O)[C@@H]2CCCN2C(=O)[C@H](CCCN=C(N)N)NC(=O)[C@H](CC(C)C)NC(=O)[C@H](c2cccnc2)NC(=O)[C@H](CCCN=C(N)N)NC1=O)c1cccnc1. The first kappa shape index (κ1) is 79.0. The van der Waals surface area contributed by atoms with Gasteiger partial charge >= 0.3 is 0 Å². The molecule has 2 aliphatic rings. The van der Waals surface area contributed by atoms with Crippen LogP contribution >= 0.6 is 11.6 Å². The number of aromatic nitrogens is 2. The van der Waals surface area contributed by atoms with E-state index in [0.29, 0.717) is 22.6 Å². The third-order valence-electron chi connectivity index (χ3n) is 17.1. The number of rotatable bonds is 24. The van der Waals surface area contributed by atoms with Crippen molar-refractivity contribution in [3.8, 4) is 0 Å². The first-order valence-electron chi connectivity index (χ1n) is 33.9. The predicted molar refractivity (Wildman–Crippen MR) is 382 cm³/mol. The molecule has 2 saturated heterocycles. The van der Waals surface area contributed by atoms with E-state index < -0.39 is 138 Å². The van der Waals surface area contributed by atoms with Crippen LogP contribution in [0, 0.1) is 5.92 Å². The van der Waals surface area contributed by atoms with Gasteiger partial charge < -0.3 is 86.7 Å². The van der Waals surface area contributed by atoms with Crippen molar-refractivity contribution in [2.45, 2.75) is 158 Å². The van der Waals surface area contributed by atoms with E-state index in [-0.39, 0.29) is 119 Å². The van der Waals surface area contributed by atoms with Crippen molar-refractivity contribution in [2.24, 2.45) is 44.6 Å². The first-order valence-corrected chi connectivity index (χ1v) is 34.3. The van der Waals surface area contributed by atoms with Crippen LogP contribution in [0.5, 0.6) is 0 Å². The molecule has 103 heavy (non-hydrogen) atoms. The van der Waals surface area contributed by atoms with Crippen molar-refractivity contribution in [1.82, 2.24) is 68.0 Å². The molecule has 0 saturated carbocycles. The molecule has 0 bridgehead atoms. The Bertz CT molecular complexity index is 3880. The molecule has 10 atom stereocenters. The minimum Gasteiger partial charge on any atom is -0.370 e. The molecule has 0 aliphatic carbocycles. The summed E-state index contributed by atoms with van der Waals surface area (Å²) in [4.78, 5) is 191. The fraction of sp³-hybridized carbons (Fsp3) is 0.429. The van der Waals surface area contributed by atoms with Gasteiger partial charge in [0.05, 0.1) is 6.42 Å². The summed E-state index contributed by atoms with van der Waals surface area (Å²) in [6.07, 6.45) is 4.54. The Hall–Kier alpha value is -11.3. The molecule has 550 valence electrons. The molecule has 12 amide bonds. The Morgan fingerprint density at radius 3 is 1.87 bits per heavy atom. The van der Waals surface area contributed by atoms with Gasteiger partial charge in [-0.3, -0.25) is 77.5 Å². The minimum absolute atomic E-state index is 0.00275. The van der Waals surface area contributed by atoms with Gasteiger partial charge in [-0.15, -0.1) is 0 Å². The number of carbonyl (C=O) groups is 12. The number of amides is 12. The van der Waals surface area contributed by atoms with Crippen LogP contribution in [-0.2, 0) is 70.4 Å². The van der Waals surface area contributed by atoms with Gasteiger partial charge in [-0.1, -0.05) is 92.2 Å². The van der Waals surface area contributed by atoms with Crippen molar-refractivity contribution in [3.05, 3.63) is 143 Å². The van der Waals surface area contributed by atoms with Crippen LogP contribution in [0.2, 0.25) is 5.02 Å². The molecule has 2 fully saturated rings. The molecule has 4 heterocycles. The van der Waals surface area contributed by atoms with Crippen LogP contribution in [-0.4, -0.2) is 172 Å². The fourth-order valence-corrected chi connectivity index (χ4v) is 12.0. The zero-order chi connectivity index (χ0) is 74.7. The number of aliphatic imine (C=N–C) groups is 2. The van der Waals surface area contributed by atoms with E-state index in [0.717, 1.165) is 10.8 Å². The lowest BCUT2D eigenvalue weighted by atomic mass is 9.99. The van der Waals surface area contributed by atoms with Crippen molar-refractivity contribution in [3.63, 3.8) is 0 Å². The largest absolute Gasteiger partial charge is 0.370 e. The van der Waals surface area contributed by atoms with Gasteiger partial charge in [0.15, 0.2) is 11.9 Å². The number of nitrogens with two attached hydrogens (primary N) is 5. The Labute approximate surface area is 600 Å². The summed E-state index contributed by atoms with van der Waals surface area (Å²) in [6, 6.07) is 10.6. The van der Waals surface area contributed by atoms with Crippen molar-refractivity contribution in [1.29, 1.82) is 0 Å². The van der Waals surface area contributed by atoms with Crippen LogP contribution in [0.3, 0.4) is 0 Å². The topological polar surface area (TPSA) is 509 Å². The molecule has 32 nitrogen and oxygen atoms in total. The van der Waals surface area contributed by atoms with Gasteiger partial charge in [-0.2, -0.15) is 0 Å². The molecule has 2 aliphatic heterocycles. The maximum absolute atomic E-state index is 15.2. The number of hydrogen-bond donors (Lipinski definition) is 15. The van der Waals surface area contributed by atoms with Crippen LogP contribution in [0.4, 0.5) is 0 Å². The van der Waals surface area contributed by atoms with Crippen molar-refractivity contribution >= 4 is 105 Å². The smallest absolute Gasteiger partial charge is 0.247 e. The highest BCUT2D eigenvalue weighted by Crippen LogP contribution is 2.24. The third kappa shape index (κ3) is 24.8. The van der Waals surface area contributed by atoms with Gasteiger partial charge in [-0.05, 0) is 110 Å². The lowest BCUT2D eigenvalue weighted by Gasteiger charge is -2.31. The van der Waals surface area contributed by atoms with E-state index in [4.69, 9.17) is 40.3 Å². The molecule has 7 rings (SSSR count). The molecule has 2 aromatic heterocycles. The third-order valence-corrected chi connectivity index (χ3v) is 17.3. The molecule has 3 aromatic carbocycles. The van der Waals surface area contributed by atoms with E-state index in [1.165, 1.54) is 60.9 Å². The number of hydrogen-bond acceptors (Lipinski definition) is 16. The second-order valence-electron chi connectivity index (χ2n) is 25.6. The van der Waals surface area contributed by atoms with E-state index >= 15 is 19.2 Å². The highest BCUT2D eigenvalue weighted by Gasteiger charge is 2.41. The molecule has 0 radical (unpaired) electrons. The average Bonchev–Trinajstić information content (AvgIpc) is 1.81. The maximum Gasteiger partial charge on any atom is 0.247 e. The summed E-state index contributed by atoms with van der Waals surface area (Å²) in [5, 5.41) is 29.1. The summed E-state index contributed by atoms with van der Waals surface area (Å²) in [6.45, 7) is 4.66. The molecule has 0 unspecified atom stereocenters. The van der Waals surface area contributed by atoms with Crippen LogP contribution in [0.1, 0.15) is 119 Å². The lowest BCUT2D eigenvalue weighted by Crippen LogP contribution is -2.59. The van der Waals surface area contributed by atoms with E-state index in [1.54, 1.807) is 38.1 Å². The number of fused-ring (bicyclic) bond motifs is 2. The lowest BCUT2D eigenvalue weighted by molar-refractivity contribution is -0.142. The second-order valence-corrected chi connectivity index (χ2v) is 26.0. The quantitative estimate of drug-likeness (QED) is 0.0203. The monoisotopic (exact) mass is 1440 g/mol. The fourth-order valence-electron chi connectivity index (χ4n) is 11.9. The summed E-state index contributed by atoms with van der Waals surface area (Å²) in [7, 11) is 0. The minimum atomic E-state index is -1.91. The number of pyridine rings is 2. The van der Waals surface area contributed by atoms with Gasteiger partial charge in [0.25, 0.3) is 0 Å². The maximum atomic E-state index is 15.2. The number of benzene rings is 3. The second kappa shape index (κ2) is 39.0. The summed E-state index contributed by atoms with van der Waals surface area (Å²) in [5.74, 6) is -11.2. The molecular formula is C70H91ClN20O12. The average molecular weight is 1440 g/mol. The Morgan fingerprint density at radius 1 is 0.621 bits per heavy atom. The van der Waals surface area contributed by atoms with E-state index in [2.05, 4.69) is 73.1 Å². The molecule has 33 heteroatoms. The van der Waals surface area contributed by atoms with Crippen LogP contribution in [0.25, 0.3) is 10.8 Å². The van der Waals surface area contributed by atoms with Crippen LogP contribution < -0.4 is 81.8 Å². The molecule has 0 spiro atoms. The Kier molecular flexibility index (Phi) is 30.0. The van der Waals surface area contributed by atoms with Gasteiger partial charge in [0.2, 0.25) is 70.9 Å². The van der Waals surface area contributed by atoms with E-state index in [1.807, 2.05) is 42.5 Å². The zero-order valence-corrected chi connectivity index (χ0v) is 58.3. The molecule has 20 N–H and O–H groups in total. The van der Waals surface area contributed by atoms with Crippen LogP contribution in [0.15, 0.2) is 126 Å². The number of nitrogens with one attached hydrogen (secondary N) is 10. The standard InChI is InChI=1S/C70H91ClN20O12/c1-39(2)32-51-61(96)85-50(18-10-30-81-70(75)76)68(103)91-31-11-19-55(91)65(100)83-48(59(72)94)16-8-28-79-56(93)36-54(63(98)84-49(17-9-29-80-69(73)74)60(95)89-57(66(101)87-51)45-14-6-26-77-37-45)88-67(102)58(46-15-7-27-78-38-46)90-64(99)53(34-41-21-24-47(71)25-22-41)86-62(97)52(82-40(3)92)35-42-20-23-43-12-4-5-13-44(43)33-42/h4-7,12-15,20-27,33,37-39,48-55,57-58H,8-11,16-19,28-32,34-36H2,1-3H3,(H2,72,94)(H,79,93)(H,82,92)(H,83,100)(H,84,98)(H,85,96)(H,86,97)(H,87,101)(H,88,102)(H,89,95)(H,90,99)(H4,73,74,80)(H4,75,76,81)/t48-,49-,50-,51-,52-,53-,54-,55-,57-,58-/m0/s1. The van der Waals surface area contributed by atoms with Crippen molar-refractivity contribution < 1.29 is 57.5 Å². The van der Waals surface area contributed by atoms with Gasteiger partial charge in [0.1, 0.15) is 60.4 Å². The summed E-state index contributed by atoms with van der Waals surface area (Å²) < 4.78 is 0. The number of nitrogens with zero attached hydrogens (tertiary/aromatic N) is 5. The highest BCUT2D eigenvalue weighted by atomic mass is 35.5. The number of guanidine groups is 2. The summed E-state index contributed by atoms with van der Waals surface area (Å²) in [5.41, 5.74) is 29.7. The summed E-state index contributed by atoms with van der Waals surface area (Å²) >= 11 is 6.26. The number of primary amides is 1. The predicted octanol–water partition coefficient (Wildman–Crippen LogP) is -0.873. The van der Waals surface area contributed by atoms with E-state index in [9.17, 15) is 38.4 Å². The Balaban J connectivity index is 1.25. The first-order chi connectivity index (χ1) is 49.2. The zero-order valence-electron chi connectivity index (χ0n) is 57.5. The number of carbonyl (C=O) groups excluding carboxylic acids is 12. The Morgan fingerprint density at radius 2 is 1.23 bits per heavy atom. The van der Waals surface area contributed by atoms with Crippen molar-refractivity contribution in [2.75, 3.05) is 26.2 Å². The molecular weight excluding hydrogens is 1350 g/mol. The molecule has 5 aromatic rings. The highest BCUT2D eigenvalue weighted by molar-refractivity contribution is 6.30. The normalized spacial score (nSPS) is 20.6. The van der Waals surface area contributed by atoms with Gasteiger partial charge in [0, 0.05) is 86.9 Å². The number of halogens is 1.